The quantitative estimate of drug-likeness (QED) is 0.813. The molecule has 1 aliphatic rings. The maximum absolute atomic E-state index is 12.0. The minimum absolute atomic E-state index is 0.312. The summed E-state index contributed by atoms with van der Waals surface area (Å²) < 4.78 is 61.0. The summed E-state index contributed by atoms with van der Waals surface area (Å²) in [4.78, 5) is 0. The van der Waals surface area contributed by atoms with Crippen molar-refractivity contribution in [3.05, 3.63) is 0 Å². The molecule has 0 spiro atoms. The molecular formula is C11H21F3N2O2S. The smallest absolute Gasteiger partial charge is 0.314 e. The zero-order valence-electron chi connectivity index (χ0n) is 11.0. The predicted octanol–water partition coefficient (Wildman–Crippen LogP) is 1.73. The van der Waals surface area contributed by atoms with Gasteiger partial charge in [0.05, 0.1) is 5.75 Å². The van der Waals surface area contributed by atoms with Crippen LogP contribution in [0.25, 0.3) is 0 Å². The third-order valence-corrected chi connectivity index (χ3v) is 5.16. The Morgan fingerprint density at radius 3 is 2.32 bits per heavy atom. The molecule has 8 heteroatoms. The molecule has 0 aromatic rings. The van der Waals surface area contributed by atoms with Crippen LogP contribution in [0.15, 0.2) is 0 Å². The van der Waals surface area contributed by atoms with Crippen molar-refractivity contribution in [3.63, 3.8) is 0 Å². The molecule has 1 aliphatic heterocycles. The summed E-state index contributed by atoms with van der Waals surface area (Å²) in [5.74, 6) is -0.418. The summed E-state index contributed by atoms with van der Waals surface area (Å²) in [5.41, 5.74) is 0. The van der Waals surface area contributed by atoms with E-state index in [-0.39, 0.29) is 6.42 Å². The van der Waals surface area contributed by atoms with Gasteiger partial charge in [0.1, 0.15) is 0 Å². The molecule has 0 bridgehead atoms. The van der Waals surface area contributed by atoms with Gasteiger partial charge in [-0.25, -0.2) is 12.7 Å². The van der Waals surface area contributed by atoms with Crippen LogP contribution in [-0.4, -0.2) is 50.3 Å². The van der Waals surface area contributed by atoms with E-state index in [0.717, 1.165) is 6.54 Å². The highest BCUT2D eigenvalue weighted by molar-refractivity contribution is 7.89. The normalized spacial score (nSPS) is 19.8. The first-order chi connectivity index (χ1) is 8.74. The van der Waals surface area contributed by atoms with Crippen LogP contribution in [0.2, 0.25) is 0 Å². The van der Waals surface area contributed by atoms with Gasteiger partial charge in [-0.05, 0) is 25.8 Å². The SMILES string of the molecule is CCNC1CCN(S(=O)(=O)CCCC(F)(F)F)CC1. The maximum atomic E-state index is 12.0. The van der Waals surface area contributed by atoms with Gasteiger partial charge in [-0.3, -0.25) is 0 Å². The number of piperidine rings is 1. The summed E-state index contributed by atoms with van der Waals surface area (Å²) in [6.07, 6.45) is -4.26. The van der Waals surface area contributed by atoms with Crippen molar-refractivity contribution in [1.29, 1.82) is 0 Å². The van der Waals surface area contributed by atoms with Crippen LogP contribution in [0.5, 0.6) is 0 Å². The highest BCUT2D eigenvalue weighted by Gasteiger charge is 2.30. The molecular weight excluding hydrogens is 281 g/mol. The largest absolute Gasteiger partial charge is 0.389 e. The lowest BCUT2D eigenvalue weighted by molar-refractivity contribution is -0.134. The number of hydrogen-bond acceptors (Lipinski definition) is 3. The molecule has 0 atom stereocenters. The Balaban J connectivity index is 2.38. The third kappa shape index (κ3) is 6.09. The number of rotatable bonds is 6. The van der Waals surface area contributed by atoms with E-state index in [1.807, 2.05) is 6.92 Å². The number of alkyl halides is 3. The lowest BCUT2D eigenvalue weighted by Gasteiger charge is -2.31. The standard InChI is InChI=1S/C11H21F3N2O2S/c1-2-15-10-4-7-16(8-5-10)19(17,18)9-3-6-11(12,13)14/h10,15H,2-9H2,1H3. The fourth-order valence-corrected chi connectivity index (χ4v) is 3.75. The van der Waals surface area contributed by atoms with E-state index < -0.39 is 28.4 Å². The number of nitrogens with one attached hydrogen (secondary N) is 1. The van der Waals surface area contributed by atoms with Crippen LogP contribution < -0.4 is 5.32 Å². The first kappa shape index (κ1) is 16.7. The zero-order valence-corrected chi connectivity index (χ0v) is 11.9. The maximum Gasteiger partial charge on any atom is 0.389 e. The van der Waals surface area contributed by atoms with E-state index in [0.29, 0.717) is 32.0 Å². The van der Waals surface area contributed by atoms with E-state index in [1.165, 1.54) is 4.31 Å². The Morgan fingerprint density at radius 1 is 1.26 bits per heavy atom. The van der Waals surface area contributed by atoms with Crippen LogP contribution in [0.1, 0.15) is 32.6 Å². The molecule has 19 heavy (non-hydrogen) atoms. The second-order valence-corrected chi connectivity index (χ2v) is 6.85. The molecule has 1 heterocycles. The molecule has 0 aliphatic carbocycles. The molecule has 1 N–H and O–H groups in total. The Labute approximate surface area is 112 Å². The molecule has 0 unspecified atom stereocenters. The van der Waals surface area contributed by atoms with Crippen LogP contribution in [0.4, 0.5) is 13.2 Å². The van der Waals surface area contributed by atoms with E-state index in [1.54, 1.807) is 0 Å². The summed E-state index contributed by atoms with van der Waals surface area (Å²) in [5, 5.41) is 3.25. The Bertz CT molecular complexity index is 363. The van der Waals surface area contributed by atoms with Gasteiger partial charge in [-0.1, -0.05) is 6.92 Å². The van der Waals surface area contributed by atoms with Gasteiger partial charge >= 0.3 is 6.18 Å². The summed E-state index contributed by atoms with van der Waals surface area (Å²) in [7, 11) is -3.54. The number of halogens is 3. The molecule has 114 valence electrons. The number of hydrogen-bond donors (Lipinski definition) is 1. The first-order valence-electron chi connectivity index (χ1n) is 6.52. The van der Waals surface area contributed by atoms with Crippen molar-refractivity contribution < 1.29 is 21.6 Å². The van der Waals surface area contributed by atoms with E-state index >= 15 is 0 Å². The average Bonchev–Trinajstić information content (AvgIpc) is 2.28. The molecule has 0 aromatic heterocycles. The van der Waals surface area contributed by atoms with Gasteiger partial charge in [0, 0.05) is 25.6 Å². The number of sulfonamides is 1. The van der Waals surface area contributed by atoms with Gasteiger partial charge in [-0.15, -0.1) is 0 Å². The van der Waals surface area contributed by atoms with Crippen molar-refractivity contribution in [2.24, 2.45) is 0 Å². The van der Waals surface area contributed by atoms with Crippen LogP contribution in [0, 0.1) is 0 Å². The number of nitrogens with zero attached hydrogens (tertiary/aromatic N) is 1. The molecule has 1 fully saturated rings. The molecule has 0 aromatic carbocycles. The summed E-state index contributed by atoms with van der Waals surface area (Å²) in [6.45, 7) is 3.61. The molecule has 1 rings (SSSR count). The first-order valence-corrected chi connectivity index (χ1v) is 8.13. The molecule has 0 amide bonds. The minimum atomic E-state index is -4.28. The van der Waals surface area contributed by atoms with Crippen molar-refractivity contribution in [2.75, 3.05) is 25.4 Å². The van der Waals surface area contributed by atoms with Crippen LogP contribution in [-0.2, 0) is 10.0 Å². The third-order valence-electron chi connectivity index (χ3n) is 3.20. The van der Waals surface area contributed by atoms with E-state index in [9.17, 15) is 21.6 Å². The van der Waals surface area contributed by atoms with E-state index in [4.69, 9.17) is 0 Å². The van der Waals surface area contributed by atoms with Crippen molar-refractivity contribution >= 4 is 10.0 Å². The van der Waals surface area contributed by atoms with Crippen molar-refractivity contribution in [3.8, 4) is 0 Å². The Morgan fingerprint density at radius 2 is 1.84 bits per heavy atom. The second-order valence-electron chi connectivity index (χ2n) is 4.77. The monoisotopic (exact) mass is 302 g/mol. The lowest BCUT2D eigenvalue weighted by atomic mass is 10.1. The highest BCUT2D eigenvalue weighted by atomic mass is 32.2. The van der Waals surface area contributed by atoms with Crippen molar-refractivity contribution in [1.82, 2.24) is 9.62 Å². The zero-order chi connectivity index (χ0) is 14.5. The Kier molecular flexibility index (Phi) is 6.07. The molecule has 1 saturated heterocycles. The molecule has 0 saturated carbocycles. The van der Waals surface area contributed by atoms with E-state index in [2.05, 4.69) is 5.32 Å². The van der Waals surface area contributed by atoms with Crippen LogP contribution in [0.3, 0.4) is 0 Å². The van der Waals surface area contributed by atoms with Gasteiger partial charge in [0.2, 0.25) is 10.0 Å². The van der Waals surface area contributed by atoms with Gasteiger partial charge in [-0.2, -0.15) is 13.2 Å². The van der Waals surface area contributed by atoms with Crippen molar-refractivity contribution in [2.45, 2.75) is 44.8 Å². The second kappa shape index (κ2) is 6.90. The van der Waals surface area contributed by atoms with Gasteiger partial charge in [0.25, 0.3) is 0 Å². The fourth-order valence-electron chi connectivity index (χ4n) is 2.21. The summed E-state index contributed by atoms with van der Waals surface area (Å²) >= 11 is 0. The Hall–Kier alpha value is -0.340. The predicted molar refractivity (Wildman–Crippen MR) is 67.3 cm³/mol. The molecule has 4 nitrogen and oxygen atoms in total. The lowest BCUT2D eigenvalue weighted by Crippen LogP contribution is -2.45. The van der Waals surface area contributed by atoms with Gasteiger partial charge in [0.15, 0.2) is 0 Å². The molecule has 0 radical (unpaired) electrons. The fraction of sp³-hybridized carbons (Fsp3) is 1.00. The topological polar surface area (TPSA) is 49.4 Å². The highest BCUT2D eigenvalue weighted by Crippen LogP contribution is 2.22. The average molecular weight is 302 g/mol. The van der Waals surface area contributed by atoms with Crippen LogP contribution >= 0.6 is 0 Å². The van der Waals surface area contributed by atoms with Gasteiger partial charge < -0.3 is 5.32 Å². The summed E-state index contributed by atoms with van der Waals surface area (Å²) in [6, 6.07) is 0.312. The minimum Gasteiger partial charge on any atom is -0.314 e.